The third kappa shape index (κ3) is 11.5. The van der Waals surface area contributed by atoms with Crippen LogP contribution in [0.3, 0.4) is 0 Å². The molecule has 0 aliphatic heterocycles. The van der Waals surface area contributed by atoms with Gasteiger partial charge in [0.2, 0.25) is 0 Å². The number of aldehydes is 1. The van der Waals surface area contributed by atoms with Crippen LogP contribution in [0.4, 0.5) is 17.1 Å². The predicted molar refractivity (Wildman–Crippen MR) is 318 cm³/mol. The molecule has 0 spiro atoms. The Balaban J connectivity index is 0.954. The number of benzene rings is 6. The second-order valence-electron chi connectivity index (χ2n) is 20.4. The van der Waals surface area contributed by atoms with E-state index >= 15 is 0 Å². The van der Waals surface area contributed by atoms with Gasteiger partial charge in [-0.3, -0.25) is 4.79 Å². The molecular formula is C68H71NO4S2. The Labute approximate surface area is 453 Å². The number of thiophene rings is 2. The summed E-state index contributed by atoms with van der Waals surface area (Å²) in [6.45, 7) is 10.6. The molecule has 0 radical (unpaired) electrons. The molecule has 0 atom stereocenters. The molecule has 0 bridgehead atoms. The van der Waals surface area contributed by atoms with Crippen LogP contribution in [0.15, 0.2) is 162 Å². The lowest BCUT2D eigenvalue weighted by atomic mass is 9.71. The van der Waals surface area contributed by atoms with Gasteiger partial charge in [-0.15, -0.1) is 22.7 Å². The van der Waals surface area contributed by atoms with E-state index in [1.165, 1.54) is 105 Å². The first kappa shape index (κ1) is 51.8. The fourth-order valence-electron chi connectivity index (χ4n) is 10.9. The molecule has 0 N–H and O–H groups in total. The quantitative estimate of drug-likeness (QED) is 0.0400. The van der Waals surface area contributed by atoms with E-state index in [4.69, 9.17) is 13.9 Å². The summed E-state index contributed by atoms with van der Waals surface area (Å²) < 4.78 is 18.6. The van der Waals surface area contributed by atoms with Gasteiger partial charge in [-0.2, -0.15) is 0 Å². The highest BCUT2D eigenvalue weighted by atomic mass is 32.1. The summed E-state index contributed by atoms with van der Waals surface area (Å²) in [5.41, 5.74) is 13.5. The van der Waals surface area contributed by atoms with E-state index in [0.717, 1.165) is 108 Å². The maximum Gasteiger partial charge on any atom is 0.150 e. The first-order valence-electron chi connectivity index (χ1n) is 27.8. The van der Waals surface area contributed by atoms with Crippen LogP contribution in [0.2, 0.25) is 0 Å². The van der Waals surface area contributed by atoms with E-state index in [1.54, 1.807) is 0 Å². The minimum atomic E-state index is -0.0423. The van der Waals surface area contributed by atoms with Gasteiger partial charge in [-0.25, -0.2) is 0 Å². The summed E-state index contributed by atoms with van der Waals surface area (Å²) in [4.78, 5) is 19.2. The summed E-state index contributed by atoms with van der Waals surface area (Å²) in [6.07, 6.45) is 17.4. The molecule has 9 aromatic rings. The highest BCUT2D eigenvalue weighted by Crippen LogP contribution is 2.61. The molecule has 0 unspecified atom stereocenters. The maximum absolute atomic E-state index is 11.6. The standard InChI is InChI=1S/C68H71NO4S2/c1-5-9-13-15-41-71-58-35-25-51(26-36-58)49-19-29-55(30-20-49)69(56-31-21-50(22-32-56)52-27-37-59(38-28-52)72-42-16-14-10-6-2)57-33-23-53(24-34-57)64-45-60-66(74-64)67-61(68(60,39-11-7-3)40-12-8-4)46-65(75-67)63-44-54-18-17-48(47-70)43-62(54)73-63/h17-38,43-47H,5-16,39-42H2,1-4H3. The van der Waals surface area contributed by atoms with Crippen LogP contribution in [0.5, 0.6) is 11.5 Å². The molecule has 3 heterocycles. The van der Waals surface area contributed by atoms with Crippen molar-refractivity contribution < 1.29 is 18.7 Å². The van der Waals surface area contributed by atoms with Crippen molar-refractivity contribution in [3.63, 3.8) is 0 Å². The molecule has 0 saturated carbocycles. The van der Waals surface area contributed by atoms with E-state index in [1.807, 2.05) is 40.9 Å². The topological polar surface area (TPSA) is 51.9 Å². The molecule has 3 aromatic heterocycles. The lowest BCUT2D eigenvalue weighted by Gasteiger charge is -2.31. The van der Waals surface area contributed by atoms with Gasteiger partial charge in [0, 0.05) is 48.1 Å². The highest BCUT2D eigenvalue weighted by Gasteiger charge is 2.45. The van der Waals surface area contributed by atoms with E-state index in [0.29, 0.717) is 5.56 Å². The molecule has 0 amide bonds. The lowest BCUT2D eigenvalue weighted by molar-refractivity contribution is 0.112. The van der Waals surface area contributed by atoms with Gasteiger partial charge < -0.3 is 18.8 Å². The second-order valence-corrected chi connectivity index (χ2v) is 22.5. The largest absolute Gasteiger partial charge is 0.494 e. The van der Waals surface area contributed by atoms with Crippen molar-refractivity contribution in [2.24, 2.45) is 0 Å². The molecular weight excluding hydrogens is 959 g/mol. The van der Waals surface area contributed by atoms with Gasteiger partial charge in [0.15, 0.2) is 0 Å². The number of anilines is 3. The highest BCUT2D eigenvalue weighted by molar-refractivity contribution is 7.25. The number of rotatable bonds is 26. The zero-order valence-corrected chi connectivity index (χ0v) is 45.9. The summed E-state index contributed by atoms with van der Waals surface area (Å²) in [5, 5.41) is 1.02. The van der Waals surface area contributed by atoms with E-state index in [-0.39, 0.29) is 5.41 Å². The van der Waals surface area contributed by atoms with Crippen LogP contribution < -0.4 is 14.4 Å². The van der Waals surface area contributed by atoms with Crippen LogP contribution in [0, 0.1) is 0 Å². The number of ether oxygens (including phenoxy) is 2. The Morgan fingerprint density at radius 1 is 0.467 bits per heavy atom. The minimum absolute atomic E-state index is 0.0423. The molecule has 1 aliphatic carbocycles. The summed E-state index contributed by atoms with van der Waals surface area (Å²) >= 11 is 3.80. The number of furan rings is 1. The van der Waals surface area contributed by atoms with E-state index in [9.17, 15) is 4.79 Å². The molecule has 384 valence electrons. The van der Waals surface area contributed by atoms with Crippen molar-refractivity contribution in [2.45, 2.75) is 123 Å². The fourth-order valence-corrected chi connectivity index (χ4v) is 13.5. The van der Waals surface area contributed by atoms with Crippen molar-refractivity contribution in [2.75, 3.05) is 18.1 Å². The van der Waals surface area contributed by atoms with Crippen LogP contribution >= 0.6 is 22.7 Å². The van der Waals surface area contributed by atoms with Crippen molar-refractivity contribution >= 4 is 57.0 Å². The molecule has 5 nitrogen and oxygen atoms in total. The van der Waals surface area contributed by atoms with Crippen molar-refractivity contribution in [3.05, 3.63) is 174 Å². The van der Waals surface area contributed by atoms with Gasteiger partial charge >= 0.3 is 0 Å². The third-order valence-electron chi connectivity index (χ3n) is 15.1. The zero-order valence-electron chi connectivity index (χ0n) is 44.3. The van der Waals surface area contributed by atoms with Gasteiger partial charge in [0.25, 0.3) is 0 Å². The Kier molecular flexibility index (Phi) is 16.8. The Hall–Kier alpha value is -6.67. The van der Waals surface area contributed by atoms with E-state index in [2.05, 4.69) is 172 Å². The molecule has 0 saturated heterocycles. The summed E-state index contributed by atoms with van der Waals surface area (Å²) in [6, 6.07) is 57.0. The van der Waals surface area contributed by atoms with Gasteiger partial charge in [0.05, 0.1) is 18.1 Å². The van der Waals surface area contributed by atoms with Crippen molar-refractivity contribution in [3.8, 4) is 64.6 Å². The second kappa shape index (κ2) is 24.3. The third-order valence-corrected chi connectivity index (χ3v) is 17.6. The number of hydrogen-bond acceptors (Lipinski definition) is 7. The van der Waals surface area contributed by atoms with Gasteiger partial charge in [-0.05, 0) is 150 Å². The lowest BCUT2D eigenvalue weighted by Crippen LogP contribution is -2.24. The maximum atomic E-state index is 11.6. The normalized spacial score (nSPS) is 12.5. The SMILES string of the molecule is CCCCCCOc1ccc(-c2ccc(N(c3ccc(-c4ccc(OCCCCCC)cc4)cc3)c3ccc(-c4cc5c(s4)-c4sc(-c6cc7ccc(C=O)cc7o6)cc4C5(CCCC)CCCC)cc3)cc2)cc1. The zero-order chi connectivity index (χ0) is 51.6. The van der Waals surface area contributed by atoms with Crippen LogP contribution in [0.25, 0.3) is 64.1 Å². The number of nitrogens with zero attached hydrogens (tertiary/aromatic N) is 1. The van der Waals surface area contributed by atoms with E-state index < -0.39 is 0 Å². The first-order chi connectivity index (χ1) is 36.9. The number of carbonyl (C=O) groups excluding carboxylic acids is 1. The van der Waals surface area contributed by atoms with Gasteiger partial charge in [-0.1, -0.05) is 165 Å². The molecule has 75 heavy (non-hydrogen) atoms. The number of hydrogen-bond donors (Lipinski definition) is 0. The Morgan fingerprint density at radius 2 is 0.907 bits per heavy atom. The molecule has 0 fully saturated rings. The average Bonchev–Trinajstić information content (AvgIpc) is 4.25. The average molecular weight is 1030 g/mol. The number of fused-ring (bicyclic) bond motifs is 4. The first-order valence-corrected chi connectivity index (χ1v) is 29.4. The monoisotopic (exact) mass is 1030 g/mol. The molecule has 6 aromatic carbocycles. The van der Waals surface area contributed by atoms with Crippen LogP contribution in [-0.2, 0) is 5.41 Å². The van der Waals surface area contributed by atoms with Crippen LogP contribution in [0.1, 0.15) is 139 Å². The molecule has 7 heteroatoms. The Bertz CT molecular complexity index is 3160. The van der Waals surface area contributed by atoms with Gasteiger partial charge in [0.1, 0.15) is 29.1 Å². The summed E-state index contributed by atoms with van der Waals surface area (Å²) in [5.74, 6) is 2.72. The smallest absolute Gasteiger partial charge is 0.150 e. The summed E-state index contributed by atoms with van der Waals surface area (Å²) in [7, 11) is 0. The predicted octanol–water partition coefficient (Wildman–Crippen LogP) is 21.1. The van der Waals surface area contributed by atoms with Crippen LogP contribution in [-0.4, -0.2) is 19.5 Å². The minimum Gasteiger partial charge on any atom is -0.494 e. The number of unbranched alkanes of at least 4 members (excludes halogenated alkanes) is 8. The van der Waals surface area contributed by atoms with Crippen molar-refractivity contribution in [1.82, 2.24) is 0 Å². The van der Waals surface area contributed by atoms with Crippen molar-refractivity contribution in [1.29, 1.82) is 0 Å². The molecule has 10 rings (SSSR count). The Morgan fingerprint density at radius 3 is 1.37 bits per heavy atom. The fraction of sp³-hybridized carbons (Fsp3) is 0.309. The number of carbonyl (C=O) groups is 1. The molecule has 1 aliphatic rings.